The molecule has 0 saturated heterocycles. The summed E-state index contributed by atoms with van der Waals surface area (Å²) in [5.74, 6) is -3.07. The van der Waals surface area contributed by atoms with Crippen LogP contribution < -0.4 is 0 Å². The fourth-order valence-corrected chi connectivity index (χ4v) is 1.70. The third kappa shape index (κ3) is 2.71. The Balaban J connectivity index is 2.62. The second kappa shape index (κ2) is 5.27. The lowest BCUT2D eigenvalue weighted by Gasteiger charge is -2.00. The van der Waals surface area contributed by atoms with Gasteiger partial charge in [-0.25, -0.2) is 18.6 Å². The fraction of sp³-hybridized carbons (Fsp3) is 0.167. The van der Waals surface area contributed by atoms with E-state index in [1.165, 1.54) is 12.1 Å². The summed E-state index contributed by atoms with van der Waals surface area (Å²) in [5.41, 5.74) is -0.745. The number of halogens is 2. The van der Waals surface area contributed by atoms with Crippen molar-refractivity contribution >= 4 is 11.7 Å². The summed E-state index contributed by atoms with van der Waals surface area (Å²) in [7, 11) is 0. The third-order valence-electron chi connectivity index (χ3n) is 2.72. The van der Waals surface area contributed by atoms with Crippen LogP contribution >= 0.6 is 0 Å². The number of carboxylic acid groups (broad SMARTS) is 1. The molecule has 0 spiro atoms. The largest absolute Gasteiger partial charge is 0.475 e. The van der Waals surface area contributed by atoms with Crippen molar-refractivity contribution in [2.24, 2.45) is 0 Å². The van der Waals surface area contributed by atoms with Gasteiger partial charge in [-0.05, 0) is 12.5 Å². The lowest BCUT2D eigenvalue weighted by atomic mass is 10.1. The Labute approximate surface area is 116 Å². The van der Waals surface area contributed by atoms with E-state index in [2.05, 4.69) is 4.98 Å². The summed E-state index contributed by atoms with van der Waals surface area (Å²) in [6.45, 7) is 1.56. The number of aromatic carboxylic acids is 1. The molecule has 0 amide bonds. The third-order valence-corrected chi connectivity index (χ3v) is 2.72. The molecule has 0 fully saturated rings. The average molecular weight is 298 g/mol. The van der Waals surface area contributed by atoms with Gasteiger partial charge in [0.05, 0.1) is 4.92 Å². The van der Waals surface area contributed by atoms with Gasteiger partial charge < -0.3 is 9.52 Å². The van der Waals surface area contributed by atoms with Gasteiger partial charge in [0.1, 0.15) is 0 Å². The van der Waals surface area contributed by atoms with Crippen LogP contribution in [0.25, 0.3) is 11.5 Å². The highest BCUT2D eigenvalue weighted by Crippen LogP contribution is 2.31. The number of rotatable bonds is 4. The molecule has 9 heteroatoms. The molecule has 0 radical (unpaired) electrons. The van der Waals surface area contributed by atoms with Crippen molar-refractivity contribution in [2.45, 2.75) is 13.3 Å². The summed E-state index contributed by atoms with van der Waals surface area (Å²) in [6, 6.07) is 3.70. The Hall–Kier alpha value is -2.84. The number of nitro benzene ring substituents is 1. The number of non-ortho nitro benzene ring substituents is 1. The number of nitro groups is 1. The molecule has 2 rings (SSSR count). The van der Waals surface area contributed by atoms with E-state index >= 15 is 0 Å². The fourth-order valence-electron chi connectivity index (χ4n) is 1.70. The van der Waals surface area contributed by atoms with Crippen LogP contribution in [-0.4, -0.2) is 21.0 Å². The predicted octanol–water partition coefficient (Wildman–Crippen LogP) is 3.19. The molecule has 0 saturated carbocycles. The standard InChI is InChI=1S/C12H8F2N2O5/c1-5-2-3-6(16(19)20)4-7(5)11-15-8(10(13)14)9(21-11)12(17)18/h2-4,10H,1H3,(H,17,18). The maximum atomic E-state index is 12.7. The van der Waals surface area contributed by atoms with Gasteiger partial charge in [-0.15, -0.1) is 0 Å². The Morgan fingerprint density at radius 1 is 1.48 bits per heavy atom. The first-order valence-electron chi connectivity index (χ1n) is 5.59. The van der Waals surface area contributed by atoms with Gasteiger partial charge in [-0.2, -0.15) is 0 Å². The van der Waals surface area contributed by atoms with Crippen LogP contribution in [0.2, 0.25) is 0 Å². The molecule has 7 nitrogen and oxygen atoms in total. The van der Waals surface area contributed by atoms with Gasteiger partial charge in [0.25, 0.3) is 12.1 Å². The number of carboxylic acids is 1. The Morgan fingerprint density at radius 2 is 2.14 bits per heavy atom. The van der Waals surface area contributed by atoms with Crippen LogP contribution in [0, 0.1) is 17.0 Å². The summed E-state index contributed by atoms with van der Waals surface area (Å²) < 4.78 is 30.3. The monoisotopic (exact) mass is 298 g/mol. The van der Waals surface area contributed by atoms with Crippen LogP contribution in [0.3, 0.4) is 0 Å². The van der Waals surface area contributed by atoms with Crippen LogP contribution in [0.4, 0.5) is 14.5 Å². The molecule has 0 aliphatic heterocycles. The molecule has 0 bridgehead atoms. The number of hydrogen-bond acceptors (Lipinski definition) is 5. The molecule has 0 aliphatic carbocycles. The van der Waals surface area contributed by atoms with Gasteiger partial charge in [-0.1, -0.05) is 6.07 Å². The zero-order chi connectivity index (χ0) is 15.7. The minimum absolute atomic E-state index is 0.0820. The van der Waals surface area contributed by atoms with Crippen molar-refractivity contribution in [2.75, 3.05) is 0 Å². The van der Waals surface area contributed by atoms with E-state index in [-0.39, 0.29) is 11.3 Å². The zero-order valence-electron chi connectivity index (χ0n) is 10.5. The highest BCUT2D eigenvalue weighted by atomic mass is 19.3. The summed E-state index contributed by atoms with van der Waals surface area (Å²) >= 11 is 0. The minimum atomic E-state index is -3.13. The van der Waals surface area contributed by atoms with Crippen molar-refractivity contribution in [3.63, 3.8) is 0 Å². The summed E-state index contributed by atoms with van der Waals surface area (Å²) in [5, 5.41) is 19.5. The summed E-state index contributed by atoms with van der Waals surface area (Å²) in [4.78, 5) is 24.4. The molecule has 110 valence electrons. The van der Waals surface area contributed by atoms with Crippen LogP contribution in [-0.2, 0) is 0 Å². The van der Waals surface area contributed by atoms with Gasteiger partial charge in [0.15, 0.2) is 5.69 Å². The highest BCUT2D eigenvalue weighted by molar-refractivity contribution is 5.86. The second-order valence-electron chi connectivity index (χ2n) is 4.10. The van der Waals surface area contributed by atoms with E-state index in [0.717, 1.165) is 6.07 Å². The molecule has 1 heterocycles. The van der Waals surface area contributed by atoms with Crippen molar-refractivity contribution in [1.82, 2.24) is 4.98 Å². The molecule has 21 heavy (non-hydrogen) atoms. The van der Waals surface area contributed by atoms with E-state index in [1.807, 2.05) is 0 Å². The van der Waals surface area contributed by atoms with E-state index in [1.54, 1.807) is 6.92 Å². The van der Waals surface area contributed by atoms with E-state index in [0.29, 0.717) is 5.56 Å². The SMILES string of the molecule is Cc1ccc([N+](=O)[O-])cc1-c1nc(C(F)F)c(C(=O)O)o1. The van der Waals surface area contributed by atoms with Crippen molar-refractivity contribution in [1.29, 1.82) is 0 Å². The van der Waals surface area contributed by atoms with Crippen molar-refractivity contribution in [3.05, 3.63) is 45.3 Å². The van der Waals surface area contributed by atoms with Crippen LogP contribution in [0.1, 0.15) is 28.2 Å². The minimum Gasteiger partial charge on any atom is -0.475 e. The van der Waals surface area contributed by atoms with Gasteiger partial charge >= 0.3 is 5.97 Å². The molecule has 1 aromatic heterocycles. The predicted molar refractivity (Wildman–Crippen MR) is 65.2 cm³/mol. The first-order valence-corrected chi connectivity index (χ1v) is 5.59. The Bertz CT molecular complexity index is 726. The maximum absolute atomic E-state index is 12.7. The van der Waals surface area contributed by atoms with E-state index in [4.69, 9.17) is 9.52 Å². The van der Waals surface area contributed by atoms with Crippen molar-refractivity contribution < 1.29 is 28.0 Å². The maximum Gasteiger partial charge on any atom is 0.374 e. The van der Waals surface area contributed by atoms with Crippen molar-refractivity contribution in [3.8, 4) is 11.5 Å². The number of aromatic nitrogens is 1. The number of alkyl halides is 2. The summed E-state index contributed by atoms with van der Waals surface area (Å²) in [6.07, 6.45) is -3.13. The topological polar surface area (TPSA) is 106 Å². The molecule has 2 aromatic rings. The second-order valence-corrected chi connectivity index (χ2v) is 4.10. The Kier molecular flexibility index (Phi) is 3.66. The van der Waals surface area contributed by atoms with Gasteiger partial charge in [0.2, 0.25) is 11.7 Å². The molecule has 1 N–H and O–H groups in total. The number of benzene rings is 1. The van der Waals surface area contributed by atoms with Crippen LogP contribution in [0.5, 0.6) is 0 Å². The normalized spacial score (nSPS) is 10.9. The molecular weight excluding hydrogens is 290 g/mol. The number of carbonyl (C=O) groups is 1. The Morgan fingerprint density at radius 3 is 2.62 bits per heavy atom. The van der Waals surface area contributed by atoms with E-state index in [9.17, 15) is 23.7 Å². The first kappa shape index (κ1) is 14.6. The average Bonchev–Trinajstić information content (AvgIpc) is 2.84. The molecular formula is C12H8F2N2O5. The number of aryl methyl sites for hydroxylation is 1. The number of oxazole rings is 1. The smallest absolute Gasteiger partial charge is 0.374 e. The number of nitrogens with zero attached hydrogens (tertiary/aromatic N) is 2. The van der Waals surface area contributed by atoms with Gasteiger partial charge in [-0.3, -0.25) is 10.1 Å². The first-order chi connectivity index (χ1) is 9.81. The lowest BCUT2D eigenvalue weighted by Crippen LogP contribution is -1.99. The zero-order valence-corrected chi connectivity index (χ0v) is 10.5. The molecule has 0 atom stereocenters. The highest BCUT2D eigenvalue weighted by Gasteiger charge is 2.27. The quantitative estimate of drug-likeness (QED) is 0.686. The molecule has 0 aliphatic rings. The lowest BCUT2D eigenvalue weighted by molar-refractivity contribution is -0.384. The molecule has 0 unspecified atom stereocenters. The van der Waals surface area contributed by atoms with Crippen LogP contribution in [0.15, 0.2) is 22.6 Å². The number of hydrogen-bond donors (Lipinski definition) is 1. The molecule has 1 aromatic carbocycles. The van der Waals surface area contributed by atoms with Gasteiger partial charge in [0, 0.05) is 17.7 Å². The van der Waals surface area contributed by atoms with E-state index < -0.39 is 34.7 Å².